The van der Waals surface area contributed by atoms with Crippen LogP contribution in [-0.4, -0.2) is 19.0 Å². The van der Waals surface area contributed by atoms with Crippen molar-refractivity contribution in [3.8, 4) is 0 Å². The number of nitrogens with two attached hydrogens (primary N) is 1. The van der Waals surface area contributed by atoms with Crippen molar-refractivity contribution < 1.29 is 4.74 Å². The Morgan fingerprint density at radius 3 is 2.60 bits per heavy atom. The zero-order valence-corrected chi connectivity index (χ0v) is 9.16. The van der Waals surface area contributed by atoms with Crippen LogP contribution < -0.4 is 5.73 Å². The summed E-state index contributed by atoms with van der Waals surface area (Å²) < 4.78 is 5.40. The second-order valence-corrected chi connectivity index (χ2v) is 3.96. The van der Waals surface area contributed by atoms with Crippen LogP contribution in [0.3, 0.4) is 0 Å². The lowest BCUT2D eigenvalue weighted by Gasteiger charge is -2.22. The maximum atomic E-state index is 5.69. The third-order valence-corrected chi connectivity index (χ3v) is 2.72. The topological polar surface area (TPSA) is 47.6 Å². The second-order valence-electron chi connectivity index (χ2n) is 3.96. The molecule has 0 aromatic heterocycles. The summed E-state index contributed by atoms with van der Waals surface area (Å²) >= 11 is 0. The van der Waals surface area contributed by atoms with Crippen molar-refractivity contribution in [2.75, 3.05) is 13.2 Å². The molecule has 0 saturated heterocycles. The summed E-state index contributed by atoms with van der Waals surface area (Å²) in [5, 5.41) is 0. The highest BCUT2D eigenvalue weighted by Gasteiger charge is 2.19. The lowest BCUT2D eigenvalue weighted by molar-refractivity contribution is 0.143. The van der Waals surface area contributed by atoms with Crippen LogP contribution in [0.2, 0.25) is 0 Å². The Morgan fingerprint density at radius 1 is 1.33 bits per heavy atom. The van der Waals surface area contributed by atoms with Gasteiger partial charge in [-0.2, -0.15) is 0 Å². The largest absolute Gasteiger partial charge is 0.386 e. The van der Waals surface area contributed by atoms with Gasteiger partial charge < -0.3 is 10.5 Å². The van der Waals surface area contributed by atoms with Gasteiger partial charge in [0.1, 0.15) is 18.5 Å². The van der Waals surface area contributed by atoms with Crippen molar-refractivity contribution in [3.05, 3.63) is 34.9 Å². The van der Waals surface area contributed by atoms with Gasteiger partial charge in [0, 0.05) is 0 Å². The molecule has 1 aliphatic rings. The van der Waals surface area contributed by atoms with Crippen molar-refractivity contribution in [1.29, 1.82) is 0 Å². The molecule has 1 aliphatic heterocycles. The molecule has 0 fully saturated rings. The minimum absolute atomic E-state index is 0.0694. The van der Waals surface area contributed by atoms with E-state index in [1.165, 1.54) is 16.7 Å². The summed E-state index contributed by atoms with van der Waals surface area (Å²) in [6.07, 6.45) is 0. The highest BCUT2D eigenvalue weighted by Crippen LogP contribution is 2.26. The van der Waals surface area contributed by atoms with Crippen molar-refractivity contribution in [3.63, 3.8) is 0 Å². The van der Waals surface area contributed by atoms with Gasteiger partial charge in [-0.25, -0.2) is 0 Å². The van der Waals surface area contributed by atoms with Gasteiger partial charge in [-0.1, -0.05) is 18.2 Å². The van der Waals surface area contributed by atoms with Crippen molar-refractivity contribution in [1.82, 2.24) is 0 Å². The van der Waals surface area contributed by atoms with E-state index in [1.54, 1.807) is 0 Å². The van der Waals surface area contributed by atoms with E-state index in [2.05, 4.69) is 37.0 Å². The first-order valence-electron chi connectivity index (χ1n) is 5.14. The molecule has 0 amide bonds. The van der Waals surface area contributed by atoms with E-state index in [0.29, 0.717) is 19.0 Å². The summed E-state index contributed by atoms with van der Waals surface area (Å²) in [5.41, 5.74) is 9.44. The van der Waals surface area contributed by atoms with Crippen LogP contribution in [0.1, 0.15) is 22.7 Å². The molecule has 2 rings (SSSR count). The van der Waals surface area contributed by atoms with Crippen LogP contribution in [0, 0.1) is 13.8 Å². The molecule has 1 aromatic rings. The number of benzene rings is 1. The van der Waals surface area contributed by atoms with Crippen LogP contribution in [0.25, 0.3) is 0 Å². The molecule has 1 unspecified atom stereocenters. The SMILES string of the molecule is Cc1cccc(C)c1C1COCC(N)=N1. The van der Waals surface area contributed by atoms with Crippen molar-refractivity contribution in [2.24, 2.45) is 10.7 Å². The number of hydrogen-bond acceptors (Lipinski definition) is 3. The normalized spacial score (nSPS) is 21.2. The average molecular weight is 204 g/mol. The van der Waals surface area contributed by atoms with E-state index >= 15 is 0 Å². The van der Waals surface area contributed by atoms with E-state index in [4.69, 9.17) is 10.5 Å². The highest BCUT2D eigenvalue weighted by molar-refractivity contribution is 5.82. The molecule has 0 aliphatic carbocycles. The Kier molecular flexibility index (Phi) is 2.73. The summed E-state index contributed by atoms with van der Waals surface area (Å²) in [4.78, 5) is 4.44. The maximum Gasteiger partial charge on any atom is 0.121 e. The lowest BCUT2D eigenvalue weighted by atomic mass is 9.96. The Morgan fingerprint density at radius 2 is 2.00 bits per heavy atom. The van der Waals surface area contributed by atoms with E-state index in [0.717, 1.165) is 0 Å². The number of amidine groups is 1. The molecule has 80 valence electrons. The Balaban J connectivity index is 2.41. The number of rotatable bonds is 1. The van der Waals surface area contributed by atoms with Gasteiger partial charge in [0.2, 0.25) is 0 Å². The van der Waals surface area contributed by atoms with Gasteiger partial charge >= 0.3 is 0 Å². The molecular formula is C12H16N2O. The first kappa shape index (κ1) is 10.2. The number of aliphatic imine (C=N–C) groups is 1. The molecule has 0 bridgehead atoms. The monoisotopic (exact) mass is 204 g/mol. The fourth-order valence-corrected chi connectivity index (χ4v) is 2.05. The van der Waals surface area contributed by atoms with Crippen molar-refractivity contribution in [2.45, 2.75) is 19.9 Å². The second kappa shape index (κ2) is 4.03. The van der Waals surface area contributed by atoms with Crippen LogP contribution in [0.5, 0.6) is 0 Å². The molecule has 1 aromatic carbocycles. The standard InChI is InChI=1S/C12H16N2O/c1-8-4-3-5-9(2)12(8)10-6-15-7-11(13)14-10/h3-5,10H,6-7H2,1-2H3,(H2,13,14). The highest BCUT2D eigenvalue weighted by atomic mass is 16.5. The smallest absolute Gasteiger partial charge is 0.121 e. The van der Waals surface area contributed by atoms with Gasteiger partial charge in [0.05, 0.1) is 6.61 Å². The van der Waals surface area contributed by atoms with E-state index in [1.807, 2.05) is 0 Å². The number of nitrogens with zero attached hydrogens (tertiary/aromatic N) is 1. The maximum absolute atomic E-state index is 5.69. The molecule has 3 nitrogen and oxygen atoms in total. The molecule has 1 atom stereocenters. The van der Waals surface area contributed by atoms with Gasteiger partial charge in [0.25, 0.3) is 0 Å². The third-order valence-electron chi connectivity index (χ3n) is 2.72. The average Bonchev–Trinajstić information content (AvgIpc) is 2.17. The van der Waals surface area contributed by atoms with Crippen LogP contribution >= 0.6 is 0 Å². The molecule has 3 heteroatoms. The Labute approximate surface area is 90.0 Å². The van der Waals surface area contributed by atoms with E-state index in [-0.39, 0.29) is 6.04 Å². The minimum atomic E-state index is 0.0694. The first-order chi connectivity index (χ1) is 7.18. The Bertz CT molecular complexity index is 378. The van der Waals surface area contributed by atoms with Gasteiger partial charge in [-0.3, -0.25) is 4.99 Å². The molecule has 0 spiro atoms. The number of hydrogen-bond donors (Lipinski definition) is 1. The number of aryl methyl sites for hydroxylation is 2. The van der Waals surface area contributed by atoms with E-state index in [9.17, 15) is 0 Å². The molecule has 2 N–H and O–H groups in total. The zero-order chi connectivity index (χ0) is 10.8. The number of ether oxygens (including phenoxy) is 1. The summed E-state index contributed by atoms with van der Waals surface area (Å²) in [6.45, 7) is 5.29. The molecule has 0 saturated carbocycles. The third kappa shape index (κ3) is 2.02. The van der Waals surface area contributed by atoms with Gasteiger partial charge in [0.15, 0.2) is 0 Å². The summed E-state index contributed by atoms with van der Waals surface area (Å²) in [5.74, 6) is 0.592. The fraction of sp³-hybridized carbons (Fsp3) is 0.417. The molecule has 15 heavy (non-hydrogen) atoms. The van der Waals surface area contributed by atoms with Crippen molar-refractivity contribution >= 4 is 5.84 Å². The molecule has 1 heterocycles. The first-order valence-corrected chi connectivity index (χ1v) is 5.14. The minimum Gasteiger partial charge on any atom is -0.386 e. The van der Waals surface area contributed by atoms with E-state index < -0.39 is 0 Å². The van der Waals surface area contributed by atoms with Gasteiger partial charge in [-0.15, -0.1) is 0 Å². The predicted molar refractivity (Wildman–Crippen MR) is 61.1 cm³/mol. The lowest BCUT2D eigenvalue weighted by Crippen LogP contribution is -2.27. The molecular weight excluding hydrogens is 188 g/mol. The zero-order valence-electron chi connectivity index (χ0n) is 9.16. The Hall–Kier alpha value is -1.35. The van der Waals surface area contributed by atoms with Crippen LogP contribution in [-0.2, 0) is 4.74 Å². The quantitative estimate of drug-likeness (QED) is 0.757. The van der Waals surface area contributed by atoms with Crippen LogP contribution in [0.4, 0.5) is 0 Å². The summed E-state index contributed by atoms with van der Waals surface area (Å²) in [6, 6.07) is 6.33. The predicted octanol–water partition coefficient (Wildman–Crippen LogP) is 1.73. The fourth-order valence-electron chi connectivity index (χ4n) is 2.05. The summed E-state index contributed by atoms with van der Waals surface area (Å²) in [7, 11) is 0. The molecule has 0 radical (unpaired) electrons. The van der Waals surface area contributed by atoms with Crippen LogP contribution in [0.15, 0.2) is 23.2 Å². The van der Waals surface area contributed by atoms with Gasteiger partial charge in [-0.05, 0) is 30.5 Å².